The van der Waals surface area contributed by atoms with Gasteiger partial charge in [-0.15, -0.1) is 0 Å². The van der Waals surface area contributed by atoms with Gasteiger partial charge >= 0.3 is 0 Å². The number of phenols is 2. The maximum atomic E-state index is 12.2. The quantitative estimate of drug-likeness (QED) is 0.735. The molecule has 0 atom stereocenters. The highest BCUT2D eigenvalue weighted by atomic mass is 16.3. The van der Waals surface area contributed by atoms with Crippen molar-refractivity contribution >= 4 is 11.6 Å². The number of hydrogen-bond donors (Lipinski definition) is 3. The average molecular weight is 274 g/mol. The molecule has 0 saturated heterocycles. The minimum Gasteiger partial charge on any atom is -0.508 e. The number of carbonyl (C=O) groups is 2. The molecular formula is C15H14O5. The van der Waals surface area contributed by atoms with Gasteiger partial charge in [0.2, 0.25) is 0 Å². The zero-order chi connectivity index (χ0) is 14.9. The molecule has 0 spiro atoms. The zero-order valence-corrected chi connectivity index (χ0v) is 10.9. The first-order valence-corrected chi connectivity index (χ1v) is 6.05. The smallest absolute Gasteiger partial charge is 0.170 e. The zero-order valence-electron chi connectivity index (χ0n) is 10.9. The molecule has 1 aliphatic rings. The van der Waals surface area contributed by atoms with E-state index in [0.29, 0.717) is 11.1 Å². The first kappa shape index (κ1) is 13.9. The molecule has 0 radical (unpaired) electrons. The second-order valence-electron chi connectivity index (χ2n) is 4.77. The van der Waals surface area contributed by atoms with Crippen LogP contribution < -0.4 is 0 Å². The number of ketones is 2. The molecule has 1 aliphatic carbocycles. The number of hydrogen-bond acceptors (Lipinski definition) is 5. The molecule has 0 heterocycles. The Hall–Kier alpha value is -2.56. The third kappa shape index (κ3) is 2.88. The lowest BCUT2D eigenvalue weighted by Gasteiger charge is -2.12. The van der Waals surface area contributed by atoms with Crippen LogP contribution >= 0.6 is 0 Å². The van der Waals surface area contributed by atoms with Crippen LogP contribution in [0.4, 0.5) is 0 Å². The van der Waals surface area contributed by atoms with E-state index < -0.39 is 0 Å². The van der Waals surface area contributed by atoms with Gasteiger partial charge in [-0.05, 0) is 24.6 Å². The van der Waals surface area contributed by atoms with Crippen molar-refractivity contribution in [3.8, 4) is 11.5 Å². The Kier molecular flexibility index (Phi) is 3.61. The highest BCUT2D eigenvalue weighted by molar-refractivity contribution is 6.03. The fraction of sp³-hybridized carbons (Fsp3) is 0.200. The lowest BCUT2D eigenvalue weighted by molar-refractivity contribution is -0.114. The molecule has 0 aromatic heterocycles. The summed E-state index contributed by atoms with van der Waals surface area (Å²) in [6, 6.07) is 2.47. The summed E-state index contributed by atoms with van der Waals surface area (Å²) in [7, 11) is 0. The highest BCUT2D eigenvalue weighted by Gasteiger charge is 2.19. The van der Waals surface area contributed by atoms with Crippen molar-refractivity contribution in [2.45, 2.75) is 19.8 Å². The summed E-state index contributed by atoms with van der Waals surface area (Å²) < 4.78 is 0. The number of aliphatic hydroxyl groups excluding tert-OH is 1. The summed E-state index contributed by atoms with van der Waals surface area (Å²) in [6.45, 7) is 1.60. The van der Waals surface area contributed by atoms with E-state index in [0.717, 1.165) is 12.1 Å². The first-order chi connectivity index (χ1) is 9.36. The molecule has 20 heavy (non-hydrogen) atoms. The Morgan fingerprint density at radius 3 is 2.50 bits per heavy atom. The van der Waals surface area contributed by atoms with E-state index >= 15 is 0 Å². The Morgan fingerprint density at radius 1 is 1.20 bits per heavy atom. The van der Waals surface area contributed by atoms with Crippen molar-refractivity contribution in [1.29, 1.82) is 0 Å². The number of Topliss-reactive ketones (excluding diaryl/α,β-unsaturated/α-hetero) is 1. The van der Waals surface area contributed by atoms with E-state index in [2.05, 4.69) is 0 Å². The van der Waals surface area contributed by atoms with Gasteiger partial charge in [-0.25, -0.2) is 0 Å². The molecular weight excluding hydrogens is 260 g/mol. The average Bonchev–Trinajstić information content (AvgIpc) is 2.25. The number of aromatic hydroxyl groups is 2. The van der Waals surface area contributed by atoms with Crippen LogP contribution in [-0.2, 0) is 4.79 Å². The predicted octanol–water partition coefficient (Wildman–Crippen LogP) is 2.32. The molecule has 0 saturated carbocycles. The van der Waals surface area contributed by atoms with Crippen molar-refractivity contribution in [3.63, 3.8) is 0 Å². The number of benzene rings is 1. The number of carbonyl (C=O) groups excluding carboxylic acids is 2. The lowest BCUT2D eigenvalue weighted by atomic mass is 9.93. The summed E-state index contributed by atoms with van der Waals surface area (Å²) in [5, 5.41) is 28.4. The van der Waals surface area contributed by atoms with E-state index in [1.165, 1.54) is 12.1 Å². The van der Waals surface area contributed by atoms with Crippen molar-refractivity contribution in [2.75, 3.05) is 0 Å². The van der Waals surface area contributed by atoms with Crippen molar-refractivity contribution in [1.82, 2.24) is 0 Å². The fourth-order valence-corrected chi connectivity index (χ4v) is 2.26. The van der Waals surface area contributed by atoms with Crippen molar-refractivity contribution in [3.05, 3.63) is 46.7 Å². The van der Waals surface area contributed by atoms with Gasteiger partial charge in [-0.2, -0.15) is 0 Å². The van der Waals surface area contributed by atoms with Gasteiger partial charge < -0.3 is 15.3 Å². The molecule has 104 valence electrons. The van der Waals surface area contributed by atoms with E-state index in [9.17, 15) is 24.9 Å². The molecule has 0 aliphatic heterocycles. The Labute approximate surface area is 115 Å². The second kappa shape index (κ2) is 5.21. The van der Waals surface area contributed by atoms with Crippen LogP contribution in [0.25, 0.3) is 0 Å². The van der Waals surface area contributed by atoms with Gasteiger partial charge in [0, 0.05) is 25.0 Å². The summed E-state index contributed by atoms with van der Waals surface area (Å²) in [5.74, 6) is -1.22. The lowest BCUT2D eigenvalue weighted by Crippen LogP contribution is -2.09. The molecule has 1 aromatic rings. The first-order valence-electron chi connectivity index (χ1n) is 6.05. The van der Waals surface area contributed by atoms with E-state index in [1.54, 1.807) is 6.92 Å². The third-order valence-electron chi connectivity index (χ3n) is 3.03. The predicted molar refractivity (Wildman–Crippen MR) is 71.9 cm³/mol. The SMILES string of the molecule is Cc1cc(O)cc(O)c1C(=O)CC1=CC(O)=CC(=O)C1. The molecule has 5 nitrogen and oxygen atoms in total. The summed E-state index contributed by atoms with van der Waals surface area (Å²) in [4.78, 5) is 23.5. The number of aryl methyl sites for hydroxylation is 1. The Balaban J connectivity index is 2.26. The fourth-order valence-electron chi connectivity index (χ4n) is 2.26. The van der Waals surface area contributed by atoms with Gasteiger partial charge in [0.15, 0.2) is 11.6 Å². The Morgan fingerprint density at radius 2 is 1.90 bits per heavy atom. The summed E-state index contributed by atoms with van der Waals surface area (Å²) >= 11 is 0. The molecule has 0 fully saturated rings. The maximum absolute atomic E-state index is 12.2. The standard InChI is InChI=1S/C15H14O5/c1-8-2-10(16)7-14(20)15(8)13(19)5-9-3-11(17)6-12(18)4-9/h2-3,6-7,16-17,20H,4-5H2,1H3. The molecule has 0 bridgehead atoms. The van der Waals surface area contributed by atoms with Gasteiger partial charge in [-0.3, -0.25) is 9.59 Å². The topological polar surface area (TPSA) is 94.8 Å². The van der Waals surface area contributed by atoms with Crippen LogP contribution in [-0.4, -0.2) is 26.9 Å². The van der Waals surface area contributed by atoms with E-state index in [-0.39, 0.29) is 47.2 Å². The molecule has 5 heteroatoms. The normalized spacial score (nSPS) is 14.8. The largest absolute Gasteiger partial charge is 0.508 e. The van der Waals surface area contributed by atoms with Crippen LogP contribution in [0.15, 0.2) is 35.6 Å². The molecule has 0 amide bonds. The van der Waals surface area contributed by atoms with Gasteiger partial charge in [0.05, 0.1) is 5.56 Å². The van der Waals surface area contributed by atoms with Gasteiger partial charge in [-0.1, -0.05) is 5.57 Å². The monoisotopic (exact) mass is 274 g/mol. The molecule has 0 unspecified atom stereocenters. The van der Waals surface area contributed by atoms with Crippen LogP contribution in [0.5, 0.6) is 11.5 Å². The van der Waals surface area contributed by atoms with E-state index in [1.807, 2.05) is 0 Å². The van der Waals surface area contributed by atoms with Crippen molar-refractivity contribution in [2.24, 2.45) is 0 Å². The number of aliphatic hydroxyl groups is 1. The minimum atomic E-state index is -0.367. The maximum Gasteiger partial charge on any atom is 0.170 e. The number of allylic oxidation sites excluding steroid dienone is 3. The molecule has 1 aromatic carbocycles. The van der Waals surface area contributed by atoms with Crippen LogP contribution in [0.3, 0.4) is 0 Å². The Bertz CT molecular complexity index is 629. The van der Waals surface area contributed by atoms with Crippen LogP contribution in [0.2, 0.25) is 0 Å². The van der Waals surface area contributed by atoms with Gasteiger partial charge in [0.1, 0.15) is 17.3 Å². The number of phenolic OH excluding ortho intramolecular Hbond substituents is 2. The molecule has 2 rings (SSSR count). The van der Waals surface area contributed by atoms with Crippen LogP contribution in [0.1, 0.15) is 28.8 Å². The highest BCUT2D eigenvalue weighted by Crippen LogP contribution is 2.29. The second-order valence-corrected chi connectivity index (χ2v) is 4.77. The summed E-state index contributed by atoms with van der Waals surface area (Å²) in [6.07, 6.45) is 2.50. The summed E-state index contributed by atoms with van der Waals surface area (Å²) in [5.41, 5.74) is 1.06. The number of rotatable bonds is 3. The minimum absolute atomic E-state index is 0.0667. The third-order valence-corrected chi connectivity index (χ3v) is 3.03. The molecule has 3 N–H and O–H groups in total. The van der Waals surface area contributed by atoms with E-state index in [4.69, 9.17) is 0 Å². The van der Waals surface area contributed by atoms with Crippen molar-refractivity contribution < 1.29 is 24.9 Å². The van der Waals surface area contributed by atoms with Gasteiger partial charge in [0.25, 0.3) is 0 Å². The van der Waals surface area contributed by atoms with Crippen LogP contribution in [0, 0.1) is 6.92 Å².